The van der Waals surface area contributed by atoms with Crippen molar-refractivity contribution < 1.29 is 28.3 Å². The highest BCUT2D eigenvalue weighted by Crippen LogP contribution is 2.24. The van der Waals surface area contributed by atoms with E-state index in [1.54, 1.807) is 5.48 Å². The molecule has 0 aliphatic carbocycles. The molecule has 41 heavy (non-hydrogen) atoms. The predicted octanol–water partition coefficient (Wildman–Crippen LogP) is 3.03. The molecule has 3 aromatic rings. The average molecular weight is 582 g/mol. The van der Waals surface area contributed by atoms with Gasteiger partial charge >= 0.3 is 0 Å². The molecule has 9 nitrogen and oxygen atoms in total. The van der Waals surface area contributed by atoms with E-state index in [2.05, 4.69) is 5.32 Å². The third-order valence-electron chi connectivity index (χ3n) is 7.22. The molecule has 2 amide bonds. The number of hydrogen-bond donors (Lipinski definition) is 4. The number of nitrogens with zero attached hydrogens (tertiary/aromatic N) is 1. The van der Waals surface area contributed by atoms with E-state index in [-0.39, 0.29) is 19.6 Å². The average Bonchev–Trinajstić information content (AvgIpc) is 2.98. The van der Waals surface area contributed by atoms with Crippen molar-refractivity contribution in [1.29, 1.82) is 0 Å². The number of amides is 2. The smallest absolute Gasteiger partial charge is 0.248 e. The van der Waals surface area contributed by atoms with Gasteiger partial charge in [-0.1, -0.05) is 84.9 Å². The first-order valence-corrected chi connectivity index (χ1v) is 15.4. The number of aliphatic hydroxyl groups is 1. The predicted molar refractivity (Wildman–Crippen MR) is 158 cm³/mol. The molecule has 0 saturated heterocycles. The van der Waals surface area contributed by atoms with Crippen LogP contribution in [-0.4, -0.2) is 67.3 Å². The van der Waals surface area contributed by atoms with Crippen molar-refractivity contribution in [2.24, 2.45) is 11.8 Å². The number of hydroxylamine groups is 1. The Kier molecular flexibility index (Phi) is 12.0. The van der Waals surface area contributed by atoms with Crippen molar-refractivity contribution in [1.82, 2.24) is 15.1 Å². The molecular formula is C31H39N3O6S. The fraction of sp³-hybridized carbons (Fsp3) is 0.355. The number of aliphatic hydroxyl groups excluding tert-OH is 1. The van der Waals surface area contributed by atoms with Gasteiger partial charge in [0.05, 0.1) is 30.7 Å². The molecule has 220 valence electrons. The van der Waals surface area contributed by atoms with Gasteiger partial charge in [-0.25, -0.2) is 18.2 Å². The highest BCUT2D eigenvalue weighted by Gasteiger charge is 2.36. The van der Waals surface area contributed by atoms with Gasteiger partial charge in [-0.05, 0) is 47.9 Å². The Labute approximate surface area is 242 Å². The van der Waals surface area contributed by atoms with Gasteiger partial charge in [-0.2, -0.15) is 0 Å². The lowest BCUT2D eigenvalue weighted by Crippen LogP contribution is -2.49. The molecule has 10 heteroatoms. The Hall–Kier alpha value is -3.57. The molecule has 0 aromatic heterocycles. The van der Waals surface area contributed by atoms with Crippen LogP contribution in [0.4, 0.5) is 0 Å². The van der Waals surface area contributed by atoms with Crippen LogP contribution in [0.15, 0.2) is 84.9 Å². The summed E-state index contributed by atoms with van der Waals surface area (Å²) in [7, 11) is -2.34. The quantitative estimate of drug-likeness (QED) is 0.161. The van der Waals surface area contributed by atoms with Crippen LogP contribution in [0.25, 0.3) is 11.1 Å². The fourth-order valence-electron chi connectivity index (χ4n) is 4.79. The van der Waals surface area contributed by atoms with Crippen molar-refractivity contribution in [3.63, 3.8) is 0 Å². The zero-order chi connectivity index (χ0) is 29.8. The number of aryl methyl sites for hydroxylation is 1. The molecule has 0 bridgehead atoms. The minimum absolute atomic E-state index is 0.255. The summed E-state index contributed by atoms with van der Waals surface area (Å²) in [6, 6.07) is 26.9. The number of carbonyl (C=O) groups is 2. The van der Waals surface area contributed by atoms with Crippen LogP contribution < -0.4 is 10.8 Å². The van der Waals surface area contributed by atoms with Gasteiger partial charge in [0.15, 0.2) is 0 Å². The lowest BCUT2D eigenvalue weighted by atomic mass is 9.85. The van der Waals surface area contributed by atoms with Crippen molar-refractivity contribution in [3.8, 4) is 11.1 Å². The van der Waals surface area contributed by atoms with E-state index in [0.717, 1.165) is 32.8 Å². The molecule has 0 spiro atoms. The standard InChI is InChI=1S/C31H39N3O6S/c1-34(41(2,39)40)21-29(31(37)33-38)28(30(36)32-27(22-35)20-24-10-5-3-6-11-24)15-9-12-23-16-18-26(19-17-23)25-13-7-4-8-14-25/h3-8,10-11,13-14,16-19,27-29,35,38H,9,12,15,20-22H2,1-2H3,(H,32,36)(H,33,37)/t27-,28+,29?/m0/s1. The van der Waals surface area contributed by atoms with Crippen LogP contribution in [-0.2, 0) is 32.5 Å². The first kappa shape index (κ1) is 32.0. The zero-order valence-electron chi connectivity index (χ0n) is 23.4. The lowest BCUT2D eigenvalue weighted by Gasteiger charge is -2.29. The second-order valence-electron chi connectivity index (χ2n) is 10.3. The fourth-order valence-corrected chi connectivity index (χ4v) is 5.22. The summed E-state index contributed by atoms with van der Waals surface area (Å²) >= 11 is 0. The van der Waals surface area contributed by atoms with Gasteiger partial charge in [-0.3, -0.25) is 14.8 Å². The summed E-state index contributed by atoms with van der Waals surface area (Å²) in [4.78, 5) is 26.3. The number of carbonyl (C=O) groups excluding carboxylic acids is 2. The number of nitrogens with one attached hydrogen (secondary N) is 2. The van der Waals surface area contributed by atoms with E-state index < -0.39 is 39.7 Å². The molecule has 3 rings (SSSR count). The van der Waals surface area contributed by atoms with Crippen LogP contribution in [0.2, 0.25) is 0 Å². The van der Waals surface area contributed by atoms with E-state index in [9.17, 15) is 28.3 Å². The van der Waals surface area contributed by atoms with Crippen LogP contribution in [0, 0.1) is 11.8 Å². The normalized spacial score (nSPS) is 13.8. The van der Waals surface area contributed by atoms with Crippen molar-refractivity contribution in [2.45, 2.75) is 31.7 Å². The Morgan fingerprint density at radius 3 is 1.98 bits per heavy atom. The zero-order valence-corrected chi connectivity index (χ0v) is 24.3. The van der Waals surface area contributed by atoms with Crippen LogP contribution in [0.1, 0.15) is 24.0 Å². The minimum atomic E-state index is -3.66. The van der Waals surface area contributed by atoms with Gasteiger partial charge in [0.1, 0.15) is 0 Å². The van der Waals surface area contributed by atoms with Crippen LogP contribution in [0.5, 0.6) is 0 Å². The van der Waals surface area contributed by atoms with E-state index in [4.69, 9.17) is 0 Å². The monoisotopic (exact) mass is 581 g/mol. The highest BCUT2D eigenvalue weighted by atomic mass is 32.2. The van der Waals surface area contributed by atoms with Gasteiger partial charge in [-0.15, -0.1) is 0 Å². The first-order valence-electron chi connectivity index (χ1n) is 13.6. The van der Waals surface area contributed by atoms with E-state index >= 15 is 0 Å². The summed E-state index contributed by atoms with van der Waals surface area (Å²) in [6.07, 6.45) is 2.80. The summed E-state index contributed by atoms with van der Waals surface area (Å²) in [5, 5.41) is 22.3. The maximum Gasteiger partial charge on any atom is 0.248 e. The van der Waals surface area contributed by atoms with E-state index in [1.165, 1.54) is 7.05 Å². The van der Waals surface area contributed by atoms with Crippen LogP contribution in [0.3, 0.4) is 0 Å². The summed E-state index contributed by atoms with van der Waals surface area (Å²) in [6.45, 7) is -0.612. The van der Waals surface area contributed by atoms with Gasteiger partial charge in [0, 0.05) is 13.6 Å². The molecule has 0 fully saturated rings. The Morgan fingerprint density at radius 1 is 0.829 bits per heavy atom. The summed E-state index contributed by atoms with van der Waals surface area (Å²) in [5.74, 6) is -3.46. The van der Waals surface area contributed by atoms with Crippen molar-refractivity contribution in [2.75, 3.05) is 26.5 Å². The maximum atomic E-state index is 13.6. The third-order valence-corrected chi connectivity index (χ3v) is 8.50. The lowest BCUT2D eigenvalue weighted by molar-refractivity contribution is -0.141. The molecule has 0 heterocycles. The SMILES string of the molecule is CN(CC(C(=O)NO)[C@@H](CCCc1ccc(-c2ccccc2)cc1)C(=O)N[C@H](CO)Cc1ccccc1)S(C)(=O)=O. The molecule has 3 atom stereocenters. The second kappa shape index (κ2) is 15.4. The van der Waals surface area contributed by atoms with Crippen molar-refractivity contribution in [3.05, 3.63) is 96.1 Å². The van der Waals surface area contributed by atoms with Crippen LogP contribution >= 0.6 is 0 Å². The van der Waals surface area contributed by atoms with E-state index in [1.807, 2.05) is 84.9 Å². The van der Waals surface area contributed by atoms with Crippen molar-refractivity contribution >= 4 is 21.8 Å². The molecule has 3 aromatic carbocycles. The topological polar surface area (TPSA) is 136 Å². The molecule has 0 saturated carbocycles. The molecule has 0 aliphatic rings. The Morgan fingerprint density at radius 2 is 1.41 bits per heavy atom. The summed E-state index contributed by atoms with van der Waals surface area (Å²) in [5.41, 5.74) is 5.77. The maximum absolute atomic E-state index is 13.6. The molecule has 4 N–H and O–H groups in total. The first-order chi connectivity index (χ1) is 19.6. The summed E-state index contributed by atoms with van der Waals surface area (Å²) < 4.78 is 25.2. The Bertz CT molecular complexity index is 1350. The van der Waals surface area contributed by atoms with E-state index in [0.29, 0.717) is 19.3 Å². The minimum Gasteiger partial charge on any atom is -0.394 e. The van der Waals surface area contributed by atoms with Gasteiger partial charge in [0.2, 0.25) is 21.8 Å². The number of rotatable bonds is 15. The largest absolute Gasteiger partial charge is 0.394 e. The van der Waals surface area contributed by atoms with Gasteiger partial charge < -0.3 is 10.4 Å². The Balaban J connectivity index is 1.77. The molecule has 0 aliphatic heterocycles. The number of hydrogen-bond acceptors (Lipinski definition) is 6. The second-order valence-corrected chi connectivity index (χ2v) is 12.4. The van der Waals surface area contributed by atoms with Gasteiger partial charge in [0.25, 0.3) is 0 Å². The third kappa shape index (κ3) is 9.79. The molecular weight excluding hydrogens is 542 g/mol. The highest BCUT2D eigenvalue weighted by molar-refractivity contribution is 7.88. The number of benzene rings is 3. The molecule has 0 radical (unpaired) electrons. The molecule has 1 unspecified atom stereocenters. The number of sulfonamides is 1.